The molecule has 0 unspecified atom stereocenters. The lowest BCUT2D eigenvalue weighted by Gasteiger charge is -2.24. The number of hydrogen-bond acceptors (Lipinski definition) is 5. The van der Waals surface area contributed by atoms with E-state index in [0.717, 1.165) is 35.6 Å². The zero-order chi connectivity index (χ0) is 17.2. The van der Waals surface area contributed by atoms with E-state index in [4.69, 9.17) is 9.26 Å². The molecule has 0 saturated carbocycles. The number of amides is 1. The summed E-state index contributed by atoms with van der Waals surface area (Å²) in [5.41, 5.74) is 1.48. The van der Waals surface area contributed by atoms with Gasteiger partial charge in [-0.15, -0.1) is 11.3 Å². The number of aromatic nitrogens is 1. The number of hydrogen-bond donors (Lipinski definition) is 0. The number of thiophene rings is 1. The number of rotatable bonds is 4. The van der Waals surface area contributed by atoms with Gasteiger partial charge in [0, 0.05) is 12.6 Å². The molecule has 1 aliphatic heterocycles. The van der Waals surface area contributed by atoms with Crippen molar-refractivity contribution in [3.63, 3.8) is 0 Å². The Balaban J connectivity index is 1.56. The first-order valence-electron chi connectivity index (χ1n) is 8.22. The molecule has 3 aromatic rings. The van der Waals surface area contributed by atoms with Crippen LogP contribution in [0.1, 0.15) is 34.9 Å². The number of benzene rings is 1. The van der Waals surface area contributed by atoms with E-state index < -0.39 is 0 Å². The molecule has 0 aliphatic carbocycles. The molecular weight excluding hydrogens is 336 g/mol. The van der Waals surface area contributed by atoms with Gasteiger partial charge in [0.1, 0.15) is 5.75 Å². The third-order valence-corrected chi connectivity index (χ3v) is 5.39. The van der Waals surface area contributed by atoms with Crippen LogP contribution in [-0.4, -0.2) is 29.6 Å². The summed E-state index contributed by atoms with van der Waals surface area (Å²) in [6, 6.07) is 13.6. The third-order valence-electron chi connectivity index (χ3n) is 4.51. The van der Waals surface area contributed by atoms with Gasteiger partial charge in [-0.1, -0.05) is 23.4 Å². The molecule has 0 N–H and O–H groups in total. The smallest absolute Gasteiger partial charge is 0.276 e. The van der Waals surface area contributed by atoms with Crippen molar-refractivity contribution in [2.45, 2.75) is 18.9 Å². The Hall–Kier alpha value is -2.60. The van der Waals surface area contributed by atoms with E-state index in [0.29, 0.717) is 11.5 Å². The first kappa shape index (κ1) is 15.9. The molecule has 128 valence electrons. The van der Waals surface area contributed by atoms with Crippen molar-refractivity contribution in [3.05, 3.63) is 59.1 Å². The summed E-state index contributed by atoms with van der Waals surface area (Å²) < 4.78 is 10.6. The van der Waals surface area contributed by atoms with Crippen LogP contribution in [0.15, 0.2) is 52.4 Å². The molecule has 25 heavy (non-hydrogen) atoms. The van der Waals surface area contributed by atoms with Crippen molar-refractivity contribution in [2.75, 3.05) is 13.7 Å². The topological polar surface area (TPSA) is 55.6 Å². The van der Waals surface area contributed by atoms with Gasteiger partial charge >= 0.3 is 0 Å². The van der Waals surface area contributed by atoms with Crippen molar-refractivity contribution in [2.24, 2.45) is 0 Å². The molecule has 0 spiro atoms. The Bertz CT molecular complexity index is 855. The van der Waals surface area contributed by atoms with Crippen LogP contribution in [0, 0.1) is 0 Å². The molecule has 1 saturated heterocycles. The van der Waals surface area contributed by atoms with E-state index in [2.05, 4.69) is 5.16 Å². The van der Waals surface area contributed by atoms with E-state index in [9.17, 15) is 4.79 Å². The van der Waals surface area contributed by atoms with Gasteiger partial charge in [0.15, 0.2) is 11.5 Å². The third kappa shape index (κ3) is 3.05. The summed E-state index contributed by atoms with van der Waals surface area (Å²) in [7, 11) is 1.65. The van der Waals surface area contributed by atoms with E-state index in [1.165, 1.54) is 0 Å². The fraction of sp³-hybridized carbons (Fsp3) is 0.263. The largest absolute Gasteiger partial charge is 0.497 e. The molecule has 4 rings (SSSR count). The minimum atomic E-state index is -0.0788. The van der Waals surface area contributed by atoms with Gasteiger partial charge in [-0.3, -0.25) is 4.79 Å². The highest BCUT2D eigenvalue weighted by Crippen LogP contribution is 2.34. The summed E-state index contributed by atoms with van der Waals surface area (Å²) in [5, 5.41) is 5.96. The summed E-state index contributed by atoms with van der Waals surface area (Å²) in [6.07, 6.45) is 1.94. The van der Waals surface area contributed by atoms with Gasteiger partial charge in [0.25, 0.3) is 5.91 Å². The van der Waals surface area contributed by atoms with Crippen LogP contribution in [0.4, 0.5) is 0 Å². The second-order valence-corrected chi connectivity index (χ2v) is 6.93. The van der Waals surface area contributed by atoms with E-state index in [-0.39, 0.29) is 11.9 Å². The van der Waals surface area contributed by atoms with Crippen LogP contribution in [-0.2, 0) is 0 Å². The molecule has 0 radical (unpaired) electrons. The van der Waals surface area contributed by atoms with E-state index >= 15 is 0 Å². The number of methoxy groups -OCH3 is 1. The standard InChI is InChI=1S/C19H18N2O3S/c1-23-14-8-6-13(7-9-14)16-4-2-10-21(16)19(22)15-12-17(24-20-15)18-5-3-11-25-18/h3,5-9,11-12,16H,2,4,10H2,1H3/t16-/m0/s1. The molecule has 3 heterocycles. The maximum absolute atomic E-state index is 12.9. The lowest BCUT2D eigenvalue weighted by Crippen LogP contribution is -2.30. The number of ether oxygens (including phenoxy) is 1. The number of likely N-dealkylation sites (tertiary alicyclic amines) is 1. The number of carbonyl (C=O) groups excluding carboxylic acids is 1. The fourth-order valence-corrected chi connectivity index (χ4v) is 3.91. The zero-order valence-corrected chi connectivity index (χ0v) is 14.7. The highest BCUT2D eigenvalue weighted by Gasteiger charge is 2.32. The Labute approximate surface area is 149 Å². The molecule has 5 nitrogen and oxygen atoms in total. The van der Waals surface area contributed by atoms with Crippen LogP contribution >= 0.6 is 11.3 Å². The van der Waals surface area contributed by atoms with Gasteiger partial charge in [0.2, 0.25) is 0 Å². The second kappa shape index (κ2) is 6.72. The van der Waals surface area contributed by atoms with Crippen molar-refractivity contribution in [1.29, 1.82) is 0 Å². The molecule has 2 aromatic heterocycles. The number of nitrogens with zero attached hydrogens (tertiary/aromatic N) is 2. The van der Waals surface area contributed by atoms with Crippen LogP contribution in [0.25, 0.3) is 10.6 Å². The first-order chi connectivity index (χ1) is 12.3. The molecule has 1 aliphatic rings. The Morgan fingerprint density at radius 3 is 2.88 bits per heavy atom. The maximum atomic E-state index is 12.9. The fourth-order valence-electron chi connectivity index (χ4n) is 3.24. The molecule has 1 amide bonds. The Kier molecular flexibility index (Phi) is 4.28. The van der Waals surface area contributed by atoms with Gasteiger partial charge in [-0.05, 0) is 42.0 Å². The van der Waals surface area contributed by atoms with Gasteiger partial charge in [0.05, 0.1) is 18.0 Å². The Morgan fingerprint density at radius 1 is 1.32 bits per heavy atom. The van der Waals surface area contributed by atoms with Crippen molar-refractivity contribution < 1.29 is 14.1 Å². The molecule has 1 atom stereocenters. The van der Waals surface area contributed by atoms with Gasteiger partial charge in [-0.2, -0.15) is 0 Å². The van der Waals surface area contributed by atoms with Crippen LogP contribution < -0.4 is 4.74 Å². The monoisotopic (exact) mass is 354 g/mol. The lowest BCUT2D eigenvalue weighted by molar-refractivity contribution is 0.0725. The number of carbonyl (C=O) groups is 1. The van der Waals surface area contributed by atoms with E-state index in [1.807, 2.05) is 46.7 Å². The molecule has 1 fully saturated rings. The first-order valence-corrected chi connectivity index (χ1v) is 9.10. The summed E-state index contributed by atoms with van der Waals surface area (Å²) in [5.74, 6) is 1.38. The van der Waals surface area contributed by atoms with Crippen LogP contribution in [0.5, 0.6) is 5.75 Å². The predicted octanol–water partition coefficient (Wildman–Crippen LogP) is 4.39. The minimum absolute atomic E-state index is 0.0697. The highest BCUT2D eigenvalue weighted by molar-refractivity contribution is 7.13. The molecular formula is C19H18N2O3S. The van der Waals surface area contributed by atoms with Crippen molar-refractivity contribution >= 4 is 17.2 Å². The summed E-state index contributed by atoms with van der Waals surface area (Å²) >= 11 is 1.56. The van der Waals surface area contributed by atoms with Crippen LogP contribution in [0.2, 0.25) is 0 Å². The average Bonchev–Trinajstić information content (AvgIpc) is 3.42. The van der Waals surface area contributed by atoms with Gasteiger partial charge < -0.3 is 14.2 Å². The molecule has 6 heteroatoms. The lowest BCUT2D eigenvalue weighted by atomic mass is 10.0. The van der Waals surface area contributed by atoms with Crippen LogP contribution in [0.3, 0.4) is 0 Å². The second-order valence-electron chi connectivity index (χ2n) is 5.98. The summed E-state index contributed by atoms with van der Waals surface area (Å²) in [4.78, 5) is 15.8. The minimum Gasteiger partial charge on any atom is -0.497 e. The summed E-state index contributed by atoms with van der Waals surface area (Å²) in [6.45, 7) is 0.733. The quantitative estimate of drug-likeness (QED) is 0.697. The zero-order valence-electron chi connectivity index (χ0n) is 13.8. The van der Waals surface area contributed by atoms with E-state index in [1.54, 1.807) is 24.5 Å². The molecule has 1 aromatic carbocycles. The van der Waals surface area contributed by atoms with Crippen molar-refractivity contribution in [3.8, 4) is 16.4 Å². The Morgan fingerprint density at radius 2 is 2.16 bits per heavy atom. The highest BCUT2D eigenvalue weighted by atomic mass is 32.1. The predicted molar refractivity (Wildman–Crippen MR) is 95.8 cm³/mol. The average molecular weight is 354 g/mol. The normalized spacial score (nSPS) is 17.0. The van der Waals surface area contributed by atoms with Crippen molar-refractivity contribution in [1.82, 2.24) is 10.1 Å². The molecule has 0 bridgehead atoms. The SMILES string of the molecule is COc1ccc([C@@H]2CCCN2C(=O)c2cc(-c3cccs3)on2)cc1. The van der Waals surface area contributed by atoms with Gasteiger partial charge in [-0.25, -0.2) is 0 Å². The maximum Gasteiger partial charge on any atom is 0.276 e.